The first-order valence-corrected chi connectivity index (χ1v) is 7.27. The van der Waals surface area contributed by atoms with Crippen LogP contribution in [-0.2, 0) is 19.3 Å². The zero-order chi connectivity index (χ0) is 12.5. The van der Waals surface area contributed by atoms with Gasteiger partial charge in [-0.05, 0) is 55.4 Å². The number of nitrogens with zero attached hydrogens (tertiary/aromatic N) is 1. The highest BCUT2D eigenvalue weighted by molar-refractivity contribution is 6.36. The summed E-state index contributed by atoms with van der Waals surface area (Å²) in [6.45, 7) is 2.17. The largest absolute Gasteiger partial charge is 0.252 e. The molecule has 1 aliphatic carbocycles. The molecule has 2 aromatic rings. The zero-order valence-electron chi connectivity index (χ0n) is 10.8. The third kappa shape index (κ3) is 2.01. The van der Waals surface area contributed by atoms with E-state index in [-0.39, 0.29) is 0 Å². The molecule has 0 unspecified atom stereocenters. The highest BCUT2D eigenvalue weighted by Crippen LogP contribution is 2.32. The van der Waals surface area contributed by atoms with E-state index in [2.05, 4.69) is 25.1 Å². The monoisotopic (exact) mass is 259 g/mol. The maximum Gasteiger partial charge on any atom is 0.0720 e. The molecule has 1 heterocycles. The molecule has 0 radical (unpaired) electrons. The molecular formula is C16H18ClN. The lowest BCUT2D eigenvalue weighted by atomic mass is 10.0. The van der Waals surface area contributed by atoms with Crippen molar-refractivity contribution in [3.05, 3.63) is 40.0 Å². The van der Waals surface area contributed by atoms with E-state index < -0.39 is 0 Å². The summed E-state index contributed by atoms with van der Waals surface area (Å²) in [6.07, 6.45) is 7.00. The number of halogens is 1. The van der Waals surface area contributed by atoms with E-state index in [9.17, 15) is 0 Å². The maximum absolute atomic E-state index is 6.62. The number of hydrogen-bond donors (Lipinski definition) is 0. The Balaban J connectivity index is 2.24. The molecule has 0 fully saturated rings. The molecule has 0 saturated carbocycles. The number of aryl methyl sites for hydroxylation is 2. The fraction of sp³-hybridized carbons (Fsp3) is 0.438. The van der Waals surface area contributed by atoms with Crippen molar-refractivity contribution in [3.8, 4) is 0 Å². The topological polar surface area (TPSA) is 12.9 Å². The average Bonchev–Trinajstić information content (AvgIpc) is 2.64. The SMILES string of the molecule is CCc1ccc2nc3c(c(Cl)c2c1)CCCCC3. The summed E-state index contributed by atoms with van der Waals surface area (Å²) in [5.74, 6) is 0. The van der Waals surface area contributed by atoms with Crippen molar-refractivity contribution in [1.82, 2.24) is 4.98 Å². The van der Waals surface area contributed by atoms with Gasteiger partial charge in [0.25, 0.3) is 0 Å². The van der Waals surface area contributed by atoms with Crippen LogP contribution in [0.4, 0.5) is 0 Å². The van der Waals surface area contributed by atoms with Gasteiger partial charge in [-0.3, -0.25) is 4.98 Å². The molecule has 0 saturated heterocycles. The van der Waals surface area contributed by atoms with Gasteiger partial charge < -0.3 is 0 Å². The zero-order valence-corrected chi connectivity index (χ0v) is 11.6. The van der Waals surface area contributed by atoms with Crippen LogP contribution in [0.3, 0.4) is 0 Å². The average molecular weight is 260 g/mol. The van der Waals surface area contributed by atoms with Crippen LogP contribution >= 0.6 is 11.6 Å². The van der Waals surface area contributed by atoms with Crippen LogP contribution in [0.2, 0.25) is 5.02 Å². The van der Waals surface area contributed by atoms with E-state index in [0.29, 0.717) is 0 Å². The molecule has 2 heteroatoms. The molecule has 0 spiro atoms. The van der Waals surface area contributed by atoms with Gasteiger partial charge in [0.1, 0.15) is 0 Å². The predicted octanol–water partition coefficient (Wildman–Crippen LogP) is 4.72. The Hall–Kier alpha value is -1.08. The Bertz CT molecular complexity index is 589. The molecule has 1 aliphatic rings. The van der Waals surface area contributed by atoms with Crippen molar-refractivity contribution in [2.75, 3.05) is 0 Å². The molecule has 0 N–H and O–H groups in total. The van der Waals surface area contributed by atoms with Crippen LogP contribution in [0.5, 0.6) is 0 Å². The Morgan fingerprint density at radius 2 is 2.00 bits per heavy atom. The maximum atomic E-state index is 6.62. The minimum atomic E-state index is 0.951. The highest BCUT2D eigenvalue weighted by Gasteiger charge is 2.15. The van der Waals surface area contributed by atoms with Crippen LogP contribution in [0.15, 0.2) is 18.2 Å². The standard InChI is InChI=1S/C16H18ClN/c1-2-11-8-9-15-13(10-11)16(17)12-6-4-3-5-7-14(12)18-15/h8-10H,2-7H2,1H3. The number of benzene rings is 1. The third-order valence-corrected chi connectivity index (χ3v) is 4.35. The van der Waals surface area contributed by atoms with Crippen molar-refractivity contribution in [1.29, 1.82) is 0 Å². The Labute approximate surface area is 113 Å². The Morgan fingerprint density at radius 1 is 1.17 bits per heavy atom. The molecule has 94 valence electrons. The summed E-state index contributed by atoms with van der Waals surface area (Å²) in [4.78, 5) is 4.83. The molecule has 1 nitrogen and oxygen atoms in total. The third-order valence-electron chi connectivity index (χ3n) is 3.91. The predicted molar refractivity (Wildman–Crippen MR) is 77.4 cm³/mol. The molecule has 1 aromatic heterocycles. The summed E-state index contributed by atoms with van der Waals surface area (Å²) in [6, 6.07) is 6.48. The van der Waals surface area contributed by atoms with Gasteiger partial charge in [0.15, 0.2) is 0 Å². The van der Waals surface area contributed by atoms with Crippen molar-refractivity contribution < 1.29 is 0 Å². The van der Waals surface area contributed by atoms with E-state index in [4.69, 9.17) is 16.6 Å². The van der Waals surface area contributed by atoms with Crippen LogP contribution in [-0.4, -0.2) is 4.98 Å². The van der Waals surface area contributed by atoms with Gasteiger partial charge in [-0.15, -0.1) is 0 Å². The van der Waals surface area contributed by atoms with E-state index in [1.807, 2.05) is 0 Å². The van der Waals surface area contributed by atoms with Crippen molar-refractivity contribution >= 4 is 22.5 Å². The van der Waals surface area contributed by atoms with Gasteiger partial charge >= 0.3 is 0 Å². The molecule has 0 bridgehead atoms. The lowest BCUT2D eigenvalue weighted by molar-refractivity contribution is 0.709. The lowest BCUT2D eigenvalue weighted by Gasteiger charge is -2.11. The normalized spacial score (nSPS) is 15.4. The van der Waals surface area contributed by atoms with Gasteiger partial charge in [-0.2, -0.15) is 0 Å². The van der Waals surface area contributed by atoms with Crippen LogP contribution in [0, 0.1) is 0 Å². The van der Waals surface area contributed by atoms with Gasteiger partial charge in [0.2, 0.25) is 0 Å². The summed E-state index contributed by atoms with van der Waals surface area (Å²) in [7, 11) is 0. The first-order chi connectivity index (χ1) is 8.79. The number of fused-ring (bicyclic) bond motifs is 2. The van der Waals surface area contributed by atoms with Gasteiger partial charge in [0, 0.05) is 11.1 Å². The van der Waals surface area contributed by atoms with Gasteiger partial charge in [0.05, 0.1) is 10.5 Å². The van der Waals surface area contributed by atoms with E-state index >= 15 is 0 Å². The van der Waals surface area contributed by atoms with Crippen LogP contribution in [0.1, 0.15) is 43.0 Å². The fourth-order valence-electron chi connectivity index (χ4n) is 2.81. The van der Waals surface area contributed by atoms with Crippen molar-refractivity contribution in [2.45, 2.75) is 45.4 Å². The number of pyridine rings is 1. The molecule has 18 heavy (non-hydrogen) atoms. The number of rotatable bonds is 1. The van der Waals surface area contributed by atoms with E-state index in [1.165, 1.54) is 36.1 Å². The molecular weight excluding hydrogens is 242 g/mol. The highest BCUT2D eigenvalue weighted by atomic mass is 35.5. The Kier molecular flexibility index (Phi) is 3.25. The first kappa shape index (κ1) is 12.0. The fourth-order valence-corrected chi connectivity index (χ4v) is 3.17. The summed E-state index contributed by atoms with van der Waals surface area (Å²) in [5.41, 5.74) is 4.92. The second-order valence-corrected chi connectivity index (χ2v) is 5.49. The van der Waals surface area contributed by atoms with Crippen LogP contribution < -0.4 is 0 Å². The summed E-state index contributed by atoms with van der Waals surface area (Å²) >= 11 is 6.62. The van der Waals surface area contributed by atoms with Crippen LogP contribution in [0.25, 0.3) is 10.9 Å². The summed E-state index contributed by atoms with van der Waals surface area (Å²) < 4.78 is 0. The van der Waals surface area contributed by atoms with E-state index in [1.54, 1.807) is 0 Å². The quantitative estimate of drug-likeness (QED) is 0.676. The first-order valence-electron chi connectivity index (χ1n) is 6.89. The van der Waals surface area contributed by atoms with E-state index in [0.717, 1.165) is 35.2 Å². The molecule has 1 aromatic carbocycles. The molecule has 3 rings (SSSR count). The van der Waals surface area contributed by atoms with Gasteiger partial charge in [-0.25, -0.2) is 0 Å². The second kappa shape index (κ2) is 4.89. The minimum absolute atomic E-state index is 0.951. The molecule has 0 atom stereocenters. The van der Waals surface area contributed by atoms with Gasteiger partial charge in [-0.1, -0.05) is 31.0 Å². The number of hydrogen-bond acceptors (Lipinski definition) is 1. The number of aromatic nitrogens is 1. The lowest BCUT2D eigenvalue weighted by Crippen LogP contribution is -1.98. The second-order valence-electron chi connectivity index (χ2n) is 5.12. The minimum Gasteiger partial charge on any atom is -0.252 e. The van der Waals surface area contributed by atoms with Crippen molar-refractivity contribution in [3.63, 3.8) is 0 Å². The summed E-state index contributed by atoms with van der Waals surface area (Å²) in [5, 5.41) is 2.09. The molecule has 0 aliphatic heterocycles. The van der Waals surface area contributed by atoms with Crippen molar-refractivity contribution in [2.24, 2.45) is 0 Å². The smallest absolute Gasteiger partial charge is 0.0720 e. The Morgan fingerprint density at radius 3 is 2.83 bits per heavy atom. The molecule has 0 amide bonds.